The molecular weight excluding hydrogens is 336 g/mol. The predicted molar refractivity (Wildman–Crippen MR) is 123 cm³/mol. The van der Waals surface area contributed by atoms with Crippen LogP contribution in [0.4, 0.5) is 0 Å². The van der Waals surface area contributed by atoms with Crippen LogP contribution in [-0.4, -0.2) is 0 Å². The summed E-state index contributed by atoms with van der Waals surface area (Å²) in [7, 11) is 0. The first kappa shape index (κ1) is 13.5. The first-order valence-electron chi connectivity index (χ1n) is 9.88. The van der Waals surface area contributed by atoms with Crippen molar-refractivity contribution in [3.63, 3.8) is 0 Å². The van der Waals surface area contributed by atoms with Crippen LogP contribution in [0.15, 0.2) is 84.9 Å². The molecule has 0 spiro atoms. The minimum atomic E-state index is 1.36. The van der Waals surface area contributed by atoms with Gasteiger partial charge in [0.15, 0.2) is 0 Å². The molecule has 0 nitrogen and oxygen atoms in total. The summed E-state index contributed by atoms with van der Waals surface area (Å²) in [4.78, 5) is 0. The number of rotatable bonds is 0. The fraction of sp³-hybridized carbons (Fsp3) is 0. The van der Waals surface area contributed by atoms with Crippen LogP contribution in [0.3, 0.4) is 0 Å². The van der Waals surface area contributed by atoms with E-state index in [0.717, 1.165) is 0 Å². The van der Waals surface area contributed by atoms with Gasteiger partial charge in [0.1, 0.15) is 0 Å². The molecule has 126 valence electrons. The minimum Gasteiger partial charge on any atom is -0.0616 e. The highest BCUT2D eigenvalue weighted by Crippen LogP contribution is 2.48. The molecule has 0 aliphatic rings. The summed E-state index contributed by atoms with van der Waals surface area (Å²) in [5.74, 6) is 0. The van der Waals surface area contributed by atoms with Crippen molar-refractivity contribution in [3.8, 4) is 0 Å². The third-order valence-electron chi connectivity index (χ3n) is 6.88. The van der Waals surface area contributed by atoms with E-state index in [9.17, 15) is 0 Å². The summed E-state index contributed by atoms with van der Waals surface area (Å²) in [6.45, 7) is 0. The second kappa shape index (κ2) is 4.26. The van der Waals surface area contributed by atoms with E-state index in [4.69, 9.17) is 0 Å². The molecule has 0 heterocycles. The lowest BCUT2D eigenvalue weighted by atomic mass is 9.82. The van der Waals surface area contributed by atoms with Gasteiger partial charge in [-0.2, -0.15) is 0 Å². The molecule has 0 bridgehead atoms. The number of benzene rings is 6. The van der Waals surface area contributed by atoms with Crippen LogP contribution >= 0.6 is 0 Å². The van der Waals surface area contributed by atoms with E-state index in [1.165, 1.54) is 75.4 Å². The van der Waals surface area contributed by atoms with E-state index in [1.807, 2.05) is 0 Å². The van der Waals surface area contributed by atoms with Gasteiger partial charge >= 0.3 is 0 Å². The van der Waals surface area contributed by atoms with Crippen molar-refractivity contribution in [2.24, 2.45) is 0 Å². The fourth-order valence-corrected chi connectivity index (χ4v) is 5.70. The normalized spacial score (nSPS) is 13.0. The lowest BCUT2D eigenvalue weighted by Crippen LogP contribution is -1.92. The van der Waals surface area contributed by atoms with E-state index >= 15 is 0 Å². The molecule has 0 N–H and O–H groups in total. The molecule has 0 aliphatic heterocycles. The van der Waals surface area contributed by atoms with Gasteiger partial charge in [0.05, 0.1) is 0 Å². The Morgan fingerprint density at radius 2 is 0.714 bits per heavy atom. The number of hydrogen-bond donors (Lipinski definition) is 0. The molecule has 8 rings (SSSR count). The molecule has 0 amide bonds. The monoisotopic (exact) mass is 350 g/mol. The molecule has 0 radical (unpaired) electrons. The standard InChI is InChI=1S/C28H14/c1-3-7-19-17(5-1)23-13-15-9-12-22-26-16(10-11-21(25(15)26)27(19)23)14-24-18-6-2-4-8-20(18)28(22)24/h1-14H. The van der Waals surface area contributed by atoms with Gasteiger partial charge in [0, 0.05) is 0 Å². The quantitative estimate of drug-likeness (QED) is 0.243. The minimum absolute atomic E-state index is 1.36. The molecule has 0 atom stereocenters. The third-order valence-corrected chi connectivity index (χ3v) is 6.88. The van der Waals surface area contributed by atoms with Gasteiger partial charge in [-0.1, -0.05) is 72.8 Å². The zero-order valence-electron chi connectivity index (χ0n) is 15.1. The predicted octanol–water partition coefficient (Wildman–Crippen LogP) is 8.07. The highest BCUT2D eigenvalue weighted by Gasteiger charge is 2.20. The Balaban J connectivity index is 1.69. The zero-order valence-corrected chi connectivity index (χ0v) is 15.1. The summed E-state index contributed by atoms with van der Waals surface area (Å²) >= 11 is 0. The largest absolute Gasteiger partial charge is 0.0616 e. The first-order valence-corrected chi connectivity index (χ1v) is 9.88. The molecule has 8 aromatic rings. The lowest BCUT2D eigenvalue weighted by molar-refractivity contribution is 1.80. The van der Waals surface area contributed by atoms with Gasteiger partial charge in [0.2, 0.25) is 0 Å². The van der Waals surface area contributed by atoms with Crippen molar-refractivity contribution in [2.75, 3.05) is 0 Å². The molecule has 28 heavy (non-hydrogen) atoms. The Bertz CT molecular complexity index is 1710. The topological polar surface area (TPSA) is 0 Å². The van der Waals surface area contributed by atoms with Gasteiger partial charge in [-0.3, -0.25) is 0 Å². The van der Waals surface area contributed by atoms with Crippen LogP contribution < -0.4 is 0 Å². The van der Waals surface area contributed by atoms with Crippen LogP contribution in [0.5, 0.6) is 0 Å². The second-order valence-corrected chi connectivity index (χ2v) is 8.11. The third kappa shape index (κ3) is 1.31. The molecule has 0 heteroatoms. The van der Waals surface area contributed by atoms with Crippen molar-refractivity contribution in [2.45, 2.75) is 0 Å². The summed E-state index contributed by atoms with van der Waals surface area (Å²) in [6.07, 6.45) is 0. The van der Waals surface area contributed by atoms with Gasteiger partial charge in [-0.15, -0.1) is 0 Å². The second-order valence-electron chi connectivity index (χ2n) is 8.11. The lowest BCUT2D eigenvalue weighted by Gasteiger charge is -2.21. The van der Waals surface area contributed by atoms with E-state index in [0.29, 0.717) is 0 Å². The Labute approximate surface area is 160 Å². The summed E-state index contributed by atoms with van der Waals surface area (Å²) in [6, 6.07) is 31.7. The van der Waals surface area contributed by atoms with E-state index in [2.05, 4.69) is 84.9 Å². The fourth-order valence-electron chi connectivity index (χ4n) is 5.70. The molecule has 0 saturated heterocycles. The van der Waals surface area contributed by atoms with Crippen molar-refractivity contribution in [1.29, 1.82) is 0 Å². The Kier molecular flexibility index (Phi) is 2.06. The summed E-state index contributed by atoms with van der Waals surface area (Å²) in [5.41, 5.74) is 0. The molecule has 0 aliphatic carbocycles. The van der Waals surface area contributed by atoms with Crippen LogP contribution in [0.25, 0.3) is 75.4 Å². The average molecular weight is 350 g/mol. The molecule has 0 saturated carbocycles. The zero-order chi connectivity index (χ0) is 18.0. The maximum absolute atomic E-state index is 2.40. The number of fused-ring (bicyclic) bond motifs is 10. The summed E-state index contributed by atoms with van der Waals surface area (Å²) < 4.78 is 0. The smallest absolute Gasteiger partial charge is 0.00197 e. The molecule has 0 unspecified atom stereocenters. The maximum atomic E-state index is 2.40. The Morgan fingerprint density at radius 1 is 0.286 bits per heavy atom. The van der Waals surface area contributed by atoms with Crippen LogP contribution in [-0.2, 0) is 0 Å². The maximum Gasteiger partial charge on any atom is -0.00197 e. The van der Waals surface area contributed by atoms with Gasteiger partial charge < -0.3 is 0 Å². The molecular formula is C28H14. The van der Waals surface area contributed by atoms with E-state index < -0.39 is 0 Å². The highest BCUT2D eigenvalue weighted by molar-refractivity contribution is 6.43. The van der Waals surface area contributed by atoms with E-state index in [-0.39, 0.29) is 0 Å². The van der Waals surface area contributed by atoms with Crippen LogP contribution in [0.2, 0.25) is 0 Å². The van der Waals surface area contributed by atoms with Crippen molar-refractivity contribution in [3.05, 3.63) is 84.9 Å². The average Bonchev–Trinajstić information content (AvgIpc) is 2.73. The van der Waals surface area contributed by atoms with Crippen molar-refractivity contribution in [1.82, 2.24) is 0 Å². The number of hydrogen-bond acceptors (Lipinski definition) is 0. The molecule has 0 fully saturated rings. The highest BCUT2D eigenvalue weighted by atomic mass is 14.2. The SMILES string of the molecule is c1ccc2c(c1)c1cc3ccc4c5c6ccccc6c5cc5ccc(c21)c3c54. The van der Waals surface area contributed by atoms with Gasteiger partial charge in [0.25, 0.3) is 0 Å². The van der Waals surface area contributed by atoms with Crippen LogP contribution in [0, 0.1) is 0 Å². The van der Waals surface area contributed by atoms with Gasteiger partial charge in [-0.05, 0) is 87.5 Å². The van der Waals surface area contributed by atoms with Crippen molar-refractivity contribution < 1.29 is 0 Å². The Hall–Kier alpha value is -3.64. The summed E-state index contributed by atoms with van der Waals surface area (Å²) in [5, 5.41) is 19.6. The van der Waals surface area contributed by atoms with Crippen molar-refractivity contribution >= 4 is 75.4 Å². The Morgan fingerprint density at radius 3 is 1.18 bits per heavy atom. The first-order chi connectivity index (χ1) is 13.9. The van der Waals surface area contributed by atoms with E-state index in [1.54, 1.807) is 0 Å². The molecule has 8 aromatic carbocycles. The molecule has 0 aromatic heterocycles. The van der Waals surface area contributed by atoms with Gasteiger partial charge in [-0.25, -0.2) is 0 Å². The van der Waals surface area contributed by atoms with Crippen LogP contribution in [0.1, 0.15) is 0 Å².